The first kappa shape index (κ1) is 15.6. The Balaban J connectivity index is 2.72. The van der Waals surface area contributed by atoms with Crippen molar-refractivity contribution in [3.8, 4) is 0 Å². The molecule has 2 atom stereocenters. The minimum atomic E-state index is -0.630. The Morgan fingerprint density at radius 2 is 1.89 bits per heavy atom. The van der Waals surface area contributed by atoms with E-state index >= 15 is 0 Å². The molecule has 0 aliphatic carbocycles. The second kappa shape index (κ2) is 7.19. The predicted octanol–water partition coefficient (Wildman–Crippen LogP) is 2.64. The first-order valence-electron chi connectivity index (χ1n) is 6.24. The summed E-state index contributed by atoms with van der Waals surface area (Å²) in [6.07, 6.45) is 0.796. The molecule has 0 saturated heterocycles. The average Bonchev–Trinajstić information content (AvgIpc) is 2.37. The highest BCUT2D eigenvalue weighted by atomic mass is 19.1. The number of carbonyl (C=O) groups excluding carboxylic acids is 1. The zero-order valence-corrected chi connectivity index (χ0v) is 11.4. The van der Waals surface area contributed by atoms with Gasteiger partial charge in [-0.1, -0.05) is 20.3 Å². The summed E-state index contributed by atoms with van der Waals surface area (Å²) in [5.74, 6) is -1.55. The molecule has 1 N–H and O–H groups in total. The smallest absolute Gasteiger partial charge is 0.323 e. The van der Waals surface area contributed by atoms with E-state index in [0.717, 1.165) is 12.5 Å². The topological polar surface area (TPSA) is 38.3 Å². The first-order valence-corrected chi connectivity index (χ1v) is 6.24. The highest BCUT2D eigenvalue weighted by Crippen LogP contribution is 2.12. The molecule has 0 heterocycles. The summed E-state index contributed by atoms with van der Waals surface area (Å²) < 4.78 is 30.8. The van der Waals surface area contributed by atoms with E-state index in [0.29, 0.717) is 5.56 Å². The Kier molecular flexibility index (Phi) is 5.89. The Bertz CT molecular complexity index is 417. The van der Waals surface area contributed by atoms with Crippen LogP contribution >= 0.6 is 0 Å². The van der Waals surface area contributed by atoms with Gasteiger partial charge in [-0.15, -0.1) is 0 Å². The molecule has 1 aromatic carbocycles. The number of esters is 1. The first-order chi connectivity index (χ1) is 8.97. The third kappa shape index (κ3) is 4.59. The lowest BCUT2D eigenvalue weighted by Gasteiger charge is -2.22. The molecule has 0 aliphatic heterocycles. The van der Waals surface area contributed by atoms with Crippen molar-refractivity contribution < 1.29 is 18.3 Å². The van der Waals surface area contributed by atoms with Crippen molar-refractivity contribution in [3.63, 3.8) is 0 Å². The van der Waals surface area contributed by atoms with E-state index in [1.807, 2.05) is 13.8 Å². The Hall–Kier alpha value is -1.49. The number of hydrogen-bond acceptors (Lipinski definition) is 3. The molecule has 0 radical (unpaired) electrons. The van der Waals surface area contributed by atoms with Crippen molar-refractivity contribution in [2.75, 3.05) is 7.11 Å². The van der Waals surface area contributed by atoms with E-state index in [-0.39, 0.29) is 18.4 Å². The number of halogens is 2. The zero-order chi connectivity index (χ0) is 14.4. The largest absolute Gasteiger partial charge is 0.468 e. The van der Waals surface area contributed by atoms with Crippen molar-refractivity contribution in [1.29, 1.82) is 0 Å². The minimum Gasteiger partial charge on any atom is -0.468 e. The molecule has 0 aromatic heterocycles. The number of rotatable bonds is 6. The van der Waals surface area contributed by atoms with E-state index in [1.165, 1.54) is 19.2 Å². The number of ether oxygens (including phenoxy) is 1. The molecule has 5 heteroatoms. The molecule has 0 aliphatic rings. The normalized spacial score (nSPS) is 13.9. The van der Waals surface area contributed by atoms with Gasteiger partial charge < -0.3 is 10.1 Å². The molecule has 1 rings (SSSR count). The van der Waals surface area contributed by atoms with E-state index < -0.39 is 17.7 Å². The highest BCUT2D eigenvalue weighted by Gasteiger charge is 2.24. The van der Waals surface area contributed by atoms with E-state index in [9.17, 15) is 13.6 Å². The zero-order valence-electron chi connectivity index (χ0n) is 11.4. The summed E-state index contributed by atoms with van der Waals surface area (Å²) in [4.78, 5) is 11.6. The second-order valence-corrected chi connectivity index (χ2v) is 4.54. The summed E-state index contributed by atoms with van der Waals surface area (Å²) in [5, 5.41) is 2.98. The third-order valence-corrected chi connectivity index (χ3v) is 3.12. The van der Waals surface area contributed by atoms with Crippen LogP contribution in [-0.2, 0) is 16.1 Å². The fourth-order valence-corrected chi connectivity index (χ4v) is 1.82. The summed E-state index contributed by atoms with van der Waals surface area (Å²) >= 11 is 0. The van der Waals surface area contributed by atoms with Crippen LogP contribution in [0.15, 0.2) is 18.2 Å². The van der Waals surface area contributed by atoms with Crippen molar-refractivity contribution >= 4 is 5.97 Å². The molecule has 3 nitrogen and oxygen atoms in total. The third-order valence-electron chi connectivity index (χ3n) is 3.12. The minimum absolute atomic E-state index is 0.0749. The Labute approximate surface area is 112 Å². The maximum atomic E-state index is 13.0. The number of methoxy groups -OCH3 is 1. The van der Waals surface area contributed by atoms with Gasteiger partial charge in [0.25, 0.3) is 0 Å². The molecule has 0 spiro atoms. The van der Waals surface area contributed by atoms with Gasteiger partial charge in [0.1, 0.15) is 17.7 Å². The van der Waals surface area contributed by atoms with E-state index in [2.05, 4.69) is 5.32 Å². The van der Waals surface area contributed by atoms with Crippen molar-refractivity contribution in [2.24, 2.45) is 5.92 Å². The number of benzene rings is 1. The van der Waals surface area contributed by atoms with Gasteiger partial charge in [0.2, 0.25) is 0 Å². The van der Waals surface area contributed by atoms with Crippen LogP contribution < -0.4 is 5.32 Å². The van der Waals surface area contributed by atoms with Crippen LogP contribution in [0.3, 0.4) is 0 Å². The van der Waals surface area contributed by atoms with Crippen molar-refractivity contribution in [1.82, 2.24) is 5.32 Å². The fraction of sp³-hybridized carbons (Fsp3) is 0.500. The van der Waals surface area contributed by atoms with Gasteiger partial charge in [0.05, 0.1) is 7.11 Å². The van der Waals surface area contributed by atoms with Crippen LogP contribution in [-0.4, -0.2) is 19.1 Å². The highest BCUT2D eigenvalue weighted by molar-refractivity contribution is 5.75. The van der Waals surface area contributed by atoms with Gasteiger partial charge in [0.15, 0.2) is 0 Å². The van der Waals surface area contributed by atoms with Crippen LogP contribution in [0, 0.1) is 17.6 Å². The Morgan fingerprint density at radius 1 is 1.32 bits per heavy atom. The molecular weight excluding hydrogens is 252 g/mol. The van der Waals surface area contributed by atoms with Gasteiger partial charge in [-0.2, -0.15) is 0 Å². The lowest BCUT2D eigenvalue weighted by atomic mass is 9.99. The monoisotopic (exact) mass is 271 g/mol. The van der Waals surface area contributed by atoms with E-state index in [4.69, 9.17) is 4.74 Å². The SMILES string of the molecule is CCC(C)C(NCc1cc(F)cc(F)c1)C(=O)OC. The van der Waals surface area contributed by atoms with Crippen LogP contribution in [0.4, 0.5) is 8.78 Å². The number of carbonyl (C=O) groups is 1. The molecule has 0 fully saturated rings. The summed E-state index contributed by atoms with van der Waals surface area (Å²) in [5.41, 5.74) is 0.453. The molecular formula is C14H19F2NO2. The van der Waals surface area contributed by atoms with Gasteiger partial charge in [-0.3, -0.25) is 4.79 Å². The molecule has 1 aromatic rings. The second-order valence-electron chi connectivity index (χ2n) is 4.54. The number of hydrogen-bond donors (Lipinski definition) is 1. The summed E-state index contributed by atoms with van der Waals surface area (Å²) in [6, 6.07) is 2.80. The number of nitrogens with one attached hydrogen (secondary N) is 1. The van der Waals surface area contributed by atoms with Gasteiger partial charge >= 0.3 is 5.97 Å². The van der Waals surface area contributed by atoms with Gasteiger partial charge in [-0.25, -0.2) is 8.78 Å². The van der Waals surface area contributed by atoms with E-state index in [1.54, 1.807) is 0 Å². The van der Waals surface area contributed by atoms with Gasteiger partial charge in [-0.05, 0) is 23.6 Å². The molecule has 0 amide bonds. The lowest BCUT2D eigenvalue weighted by molar-refractivity contribution is -0.144. The quantitative estimate of drug-likeness (QED) is 0.808. The molecule has 19 heavy (non-hydrogen) atoms. The lowest BCUT2D eigenvalue weighted by Crippen LogP contribution is -2.42. The van der Waals surface area contributed by atoms with Crippen molar-refractivity contribution in [2.45, 2.75) is 32.9 Å². The van der Waals surface area contributed by atoms with Gasteiger partial charge in [0, 0.05) is 12.6 Å². The molecule has 0 saturated carbocycles. The molecule has 0 bridgehead atoms. The summed E-state index contributed by atoms with van der Waals surface area (Å²) in [6.45, 7) is 4.09. The average molecular weight is 271 g/mol. The predicted molar refractivity (Wildman–Crippen MR) is 68.5 cm³/mol. The molecule has 2 unspecified atom stereocenters. The maximum absolute atomic E-state index is 13.0. The van der Waals surface area contributed by atoms with Crippen molar-refractivity contribution in [3.05, 3.63) is 35.4 Å². The van der Waals surface area contributed by atoms with Crippen LogP contribution in [0.2, 0.25) is 0 Å². The summed E-state index contributed by atoms with van der Waals surface area (Å²) in [7, 11) is 1.32. The fourth-order valence-electron chi connectivity index (χ4n) is 1.82. The van der Waals surface area contributed by atoms with Crippen LogP contribution in [0.5, 0.6) is 0 Å². The van der Waals surface area contributed by atoms with Crippen LogP contribution in [0.25, 0.3) is 0 Å². The maximum Gasteiger partial charge on any atom is 0.323 e. The van der Waals surface area contributed by atoms with Crippen LogP contribution in [0.1, 0.15) is 25.8 Å². The Morgan fingerprint density at radius 3 is 2.37 bits per heavy atom. The molecule has 106 valence electrons. The standard InChI is InChI=1S/C14H19F2NO2/c1-4-9(2)13(14(18)19-3)17-8-10-5-11(15)7-12(16)6-10/h5-7,9,13,17H,4,8H2,1-3H3.